The van der Waals surface area contributed by atoms with Gasteiger partial charge in [-0.1, -0.05) is 23.5 Å². The summed E-state index contributed by atoms with van der Waals surface area (Å²) in [5, 5.41) is 15.9. The fourth-order valence-corrected chi connectivity index (χ4v) is 3.75. The van der Waals surface area contributed by atoms with E-state index in [-0.39, 0.29) is 6.54 Å². The molecule has 3 heterocycles. The van der Waals surface area contributed by atoms with Gasteiger partial charge in [-0.15, -0.1) is 0 Å². The van der Waals surface area contributed by atoms with Crippen LogP contribution in [0.4, 0.5) is 9.93 Å². The summed E-state index contributed by atoms with van der Waals surface area (Å²) in [6, 6.07) is 12.6. The number of pyridine rings is 2. The van der Waals surface area contributed by atoms with E-state index in [4.69, 9.17) is 4.74 Å². The van der Waals surface area contributed by atoms with E-state index in [9.17, 15) is 9.90 Å². The maximum atomic E-state index is 12.2. The first kappa shape index (κ1) is 19.7. The molecule has 4 aromatic rings. The number of benzene rings is 1. The van der Waals surface area contributed by atoms with E-state index in [1.807, 2.05) is 24.3 Å². The van der Waals surface area contributed by atoms with Crippen molar-refractivity contribution < 1.29 is 14.6 Å². The van der Waals surface area contributed by atoms with E-state index in [1.54, 1.807) is 43.9 Å². The van der Waals surface area contributed by atoms with Crippen molar-refractivity contribution in [3.05, 3.63) is 66.7 Å². The van der Waals surface area contributed by atoms with E-state index in [2.05, 4.69) is 25.6 Å². The van der Waals surface area contributed by atoms with Crippen LogP contribution in [-0.4, -0.2) is 39.7 Å². The van der Waals surface area contributed by atoms with Gasteiger partial charge in [0.1, 0.15) is 11.9 Å². The molecule has 0 saturated carbocycles. The Morgan fingerprint density at radius 3 is 2.90 bits per heavy atom. The first-order chi connectivity index (χ1) is 14.6. The van der Waals surface area contributed by atoms with Gasteiger partial charge in [-0.3, -0.25) is 15.3 Å². The lowest BCUT2D eigenvalue weighted by atomic mass is 10.1. The van der Waals surface area contributed by atoms with Crippen LogP contribution in [0.1, 0.15) is 11.8 Å². The summed E-state index contributed by atoms with van der Waals surface area (Å²) < 4.78 is 6.16. The zero-order valence-electron chi connectivity index (χ0n) is 16.1. The number of methoxy groups -OCH3 is 1. The molecule has 3 aromatic heterocycles. The van der Waals surface area contributed by atoms with Gasteiger partial charge in [0.25, 0.3) is 0 Å². The Morgan fingerprint density at radius 2 is 2.10 bits per heavy atom. The number of carbonyl (C=O) groups is 1. The van der Waals surface area contributed by atoms with Crippen LogP contribution in [0.3, 0.4) is 0 Å². The highest BCUT2D eigenvalue weighted by molar-refractivity contribution is 7.22. The second kappa shape index (κ2) is 8.85. The largest absolute Gasteiger partial charge is 0.495 e. The van der Waals surface area contributed by atoms with Gasteiger partial charge in [-0.05, 0) is 35.9 Å². The van der Waals surface area contributed by atoms with Crippen molar-refractivity contribution in [1.82, 2.24) is 20.3 Å². The van der Waals surface area contributed by atoms with Crippen LogP contribution in [0.5, 0.6) is 5.75 Å². The first-order valence-electron chi connectivity index (χ1n) is 9.16. The number of carbonyl (C=O) groups excluding carboxylic acids is 1. The predicted molar refractivity (Wildman–Crippen MR) is 116 cm³/mol. The van der Waals surface area contributed by atoms with E-state index < -0.39 is 12.1 Å². The van der Waals surface area contributed by atoms with Crippen LogP contribution in [0.2, 0.25) is 0 Å². The molecule has 1 atom stereocenters. The molecule has 0 bridgehead atoms. The molecule has 152 valence electrons. The van der Waals surface area contributed by atoms with Crippen molar-refractivity contribution in [3.63, 3.8) is 0 Å². The molecule has 2 amide bonds. The molecule has 0 saturated heterocycles. The summed E-state index contributed by atoms with van der Waals surface area (Å²) in [7, 11) is 1.60. The quantitative estimate of drug-likeness (QED) is 0.439. The lowest BCUT2D eigenvalue weighted by molar-refractivity contribution is 0.171. The third-order valence-electron chi connectivity index (χ3n) is 4.38. The Kier molecular flexibility index (Phi) is 5.82. The minimum Gasteiger partial charge on any atom is -0.495 e. The van der Waals surface area contributed by atoms with Crippen LogP contribution in [-0.2, 0) is 0 Å². The molecule has 3 N–H and O–H groups in total. The molecule has 1 unspecified atom stereocenters. The fourth-order valence-electron chi connectivity index (χ4n) is 2.85. The summed E-state index contributed by atoms with van der Waals surface area (Å²) in [5.41, 5.74) is 3.19. The summed E-state index contributed by atoms with van der Waals surface area (Å²) in [4.78, 5) is 24.9. The normalized spacial score (nSPS) is 11.8. The van der Waals surface area contributed by atoms with Crippen molar-refractivity contribution in [3.8, 4) is 16.9 Å². The third-order valence-corrected chi connectivity index (χ3v) is 5.31. The van der Waals surface area contributed by atoms with Gasteiger partial charge in [-0.25, -0.2) is 9.78 Å². The van der Waals surface area contributed by atoms with Crippen LogP contribution < -0.4 is 15.4 Å². The molecule has 0 spiro atoms. The summed E-state index contributed by atoms with van der Waals surface area (Å²) in [6.07, 6.45) is 4.13. The van der Waals surface area contributed by atoms with Gasteiger partial charge in [0.2, 0.25) is 0 Å². The van der Waals surface area contributed by atoms with Crippen molar-refractivity contribution >= 4 is 32.7 Å². The first-order valence-corrected chi connectivity index (χ1v) is 9.98. The molecule has 9 heteroatoms. The molecule has 0 aliphatic carbocycles. The van der Waals surface area contributed by atoms with Crippen molar-refractivity contribution in [2.75, 3.05) is 19.0 Å². The number of rotatable bonds is 6. The molecule has 30 heavy (non-hydrogen) atoms. The van der Waals surface area contributed by atoms with E-state index in [0.29, 0.717) is 16.6 Å². The van der Waals surface area contributed by atoms with Gasteiger partial charge in [-0.2, -0.15) is 0 Å². The van der Waals surface area contributed by atoms with Crippen LogP contribution >= 0.6 is 11.3 Å². The molecular formula is C21H19N5O3S. The second-order valence-corrected chi connectivity index (χ2v) is 7.45. The highest BCUT2D eigenvalue weighted by Gasteiger charge is 2.12. The van der Waals surface area contributed by atoms with Gasteiger partial charge in [0.05, 0.1) is 35.8 Å². The van der Waals surface area contributed by atoms with E-state index in [0.717, 1.165) is 21.3 Å². The monoisotopic (exact) mass is 421 g/mol. The van der Waals surface area contributed by atoms with Crippen LogP contribution in [0, 0.1) is 0 Å². The SMILES string of the molecule is COc1cncc(-c2ccc3nc(NC(=O)NCC(O)c4ccccn4)sc3c2)c1. The number of hydrogen-bond acceptors (Lipinski definition) is 7. The van der Waals surface area contributed by atoms with Gasteiger partial charge in [0.15, 0.2) is 5.13 Å². The number of aromatic nitrogens is 3. The number of nitrogens with one attached hydrogen (secondary N) is 2. The van der Waals surface area contributed by atoms with Crippen LogP contribution in [0.25, 0.3) is 21.3 Å². The number of hydrogen-bond donors (Lipinski definition) is 3. The number of thiazole rings is 1. The Balaban J connectivity index is 1.42. The predicted octanol–water partition coefficient (Wildman–Crippen LogP) is 3.62. The van der Waals surface area contributed by atoms with Crippen molar-refractivity contribution in [1.29, 1.82) is 0 Å². The summed E-state index contributed by atoms with van der Waals surface area (Å²) in [6.45, 7) is 0.0424. The zero-order valence-corrected chi connectivity index (χ0v) is 16.9. The number of urea groups is 1. The number of ether oxygens (including phenoxy) is 1. The standard InChI is InChI=1S/C21H19N5O3S/c1-29-15-8-14(10-22-11-15)13-5-6-17-19(9-13)30-21(25-17)26-20(28)24-12-18(27)16-4-2-3-7-23-16/h2-11,18,27H,12H2,1H3,(H2,24,25,26,28). The number of aliphatic hydroxyl groups excluding tert-OH is 1. The molecule has 4 rings (SSSR count). The molecular weight excluding hydrogens is 402 g/mol. The molecule has 0 aliphatic rings. The summed E-state index contributed by atoms with van der Waals surface area (Å²) >= 11 is 1.37. The van der Waals surface area contributed by atoms with Crippen molar-refractivity contribution in [2.45, 2.75) is 6.10 Å². The minimum atomic E-state index is -0.883. The molecule has 0 aliphatic heterocycles. The molecule has 1 aromatic carbocycles. The Hall–Kier alpha value is -3.56. The number of nitrogens with zero attached hydrogens (tertiary/aromatic N) is 3. The minimum absolute atomic E-state index is 0.0424. The highest BCUT2D eigenvalue weighted by atomic mass is 32.1. The summed E-state index contributed by atoms with van der Waals surface area (Å²) in [5.74, 6) is 0.684. The maximum absolute atomic E-state index is 12.2. The third kappa shape index (κ3) is 4.53. The lowest BCUT2D eigenvalue weighted by Gasteiger charge is -2.11. The average molecular weight is 421 g/mol. The van der Waals surface area contributed by atoms with E-state index >= 15 is 0 Å². The Labute approximate surface area is 176 Å². The lowest BCUT2D eigenvalue weighted by Crippen LogP contribution is -2.32. The molecule has 0 fully saturated rings. The van der Waals surface area contributed by atoms with Gasteiger partial charge < -0.3 is 15.2 Å². The number of amides is 2. The van der Waals surface area contributed by atoms with Gasteiger partial charge >= 0.3 is 6.03 Å². The Bertz CT molecular complexity index is 1170. The number of aliphatic hydroxyl groups is 1. The Morgan fingerprint density at radius 1 is 1.20 bits per heavy atom. The number of anilines is 1. The smallest absolute Gasteiger partial charge is 0.321 e. The molecule has 8 nitrogen and oxygen atoms in total. The topological polar surface area (TPSA) is 109 Å². The zero-order chi connectivity index (χ0) is 20.9. The maximum Gasteiger partial charge on any atom is 0.321 e. The van der Waals surface area contributed by atoms with Crippen LogP contribution in [0.15, 0.2) is 61.1 Å². The van der Waals surface area contributed by atoms with Crippen molar-refractivity contribution in [2.24, 2.45) is 0 Å². The van der Waals surface area contributed by atoms with Gasteiger partial charge in [0, 0.05) is 18.0 Å². The molecule has 0 radical (unpaired) electrons. The van der Waals surface area contributed by atoms with E-state index in [1.165, 1.54) is 11.3 Å². The number of fused-ring (bicyclic) bond motifs is 1. The average Bonchev–Trinajstić information content (AvgIpc) is 3.19. The highest BCUT2D eigenvalue weighted by Crippen LogP contribution is 2.31. The second-order valence-electron chi connectivity index (χ2n) is 6.42. The fraction of sp³-hybridized carbons (Fsp3) is 0.143.